The van der Waals surface area contributed by atoms with E-state index in [0.717, 1.165) is 37.4 Å². The molecule has 4 rings (SSSR count). The number of nitrogens with one attached hydrogen (secondary N) is 1. The second kappa shape index (κ2) is 7.16. The molecule has 0 unspecified atom stereocenters. The number of imidazole rings is 1. The molecular formula is C19H21N6O2+. The van der Waals surface area contributed by atoms with E-state index < -0.39 is 4.92 Å². The predicted molar refractivity (Wildman–Crippen MR) is 103 cm³/mol. The van der Waals surface area contributed by atoms with Gasteiger partial charge in [-0.25, -0.2) is 4.98 Å². The summed E-state index contributed by atoms with van der Waals surface area (Å²) in [6, 6.07) is 12.4. The third-order valence-electron chi connectivity index (χ3n) is 4.83. The lowest BCUT2D eigenvalue weighted by Gasteiger charge is -2.27. The van der Waals surface area contributed by atoms with Gasteiger partial charge in [-0.2, -0.15) is 5.10 Å². The van der Waals surface area contributed by atoms with Crippen molar-refractivity contribution in [2.24, 2.45) is 5.10 Å². The van der Waals surface area contributed by atoms with Crippen molar-refractivity contribution >= 4 is 17.4 Å². The number of benzene rings is 1. The molecule has 27 heavy (non-hydrogen) atoms. The minimum absolute atomic E-state index is 0.0512. The van der Waals surface area contributed by atoms with Crippen molar-refractivity contribution in [3.05, 3.63) is 64.5 Å². The van der Waals surface area contributed by atoms with Crippen LogP contribution in [0.3, 0.4) is 0 Å². The molecular weight excluding hydrogens is 344 g/mol. The number of likely N-dealkylation sites (N-methyl/N-ethyl adjacent to an activating group) is 1. The first kappa shape index (κ1) is 17.2. The van der Waals surface area contributed by atoms with Gasteiger partial charge in [-0.05, 0) is 12.1 Å². The van der Waals surface area contributed by atoms with E-state index >= 15 is 0 Å². The molecule has 3 aromatic rings. The number of fused-ring (bicyclic) bond motifs is 1. The Bertz CT molecular complexity index is 1000. The smallest absolute Gasteiger partial charge is 0.270 e. The van der Waals surface area contributed by atoms with Crippen LogP contribution in [0.2, 0.25) is 0 Å². The number of hydrazone groups is 1. The van der Waals surface area contributed by atoms with Gasteiger partial charge in [0.25, 0.3) is 5.69 Å². The first-order chi connectivity index (χ1) is 13.1. The van der Waals surface area contributed by atoms with E-state index in [1.165, 1.54) is 11.0 Å². The van der Waals surface area contributed by atoms with Gasteiger partial charge in [-0.15, -0.1) is 0 Å². The zero-order valence-electron chi connectivity index (χ0n) is 15.1. The van der Waals surface area contributed by atoms with Crippen molar-refractivity contribution in [1.82, 2.24) is 14.4 Å². The van der Waals surface area contributed by atoms with Crippen LogP contribution in [-0.4, -0.2) is 58.8 Å². The Morgan fingerprint density at radius 3 is 2.81 bits per heavy atom. The van der Waals surface area contributed by atoms with Crippen LogP contribution in [0.15, 0.2) is 53.8 Å². The third kappa shape index (κ3) is 3.52. The highest BCUT2D eigenvalue weighted by Crippen LogP contribution is 2.25. The van der Waals surface area contributed by atoms with Crippen LogP contribution >= 0.6 is 0 Å². The van der Waals surface area contributed by atoms with Crippen molar-refractivity contribution in [2.45, 2.75) is 0 Å². The van der Waals surface area contributed by atoms with Crippen molar-refractivity contribution < 1.29 is 9.82 Å². The Kier molecular flexibility index (Phi) is 4.55. The molecule has 1 aliphatic heterocycles. The summed E-state index contributed by atoms with van der Waals surface area (Å²) in [5.74, 6) is 0.665. The van der Waals surface area contributed by atoms with Crippen LogP contribution in [0.25, 0.3) is 16.9 Å². The highest BCUT2D eigenvalue weighted by Gasteiger charge is 2.16. The Morgan fingerprint density at radius 1 is 1.22 bits per heavy atom. The summed E-state index contributed by atoms with van der Waals surface area (Å²) >= 11 is 0. The summed E-state index contributed by atoms with van der Waals surface area (Å²) in [6.45, 7) is 3.98. The normalized spacial score (nSPS) is 15.7. The molecule has 1 fully saturated rings. The highest BCUT2D eigenvalue weighted by atomic mass is 16.6. The standard InChI is InChI=1S/C19H20N6O2/c1-22-9-11-23(12-10-22)20-14-17-18-7-2-3-8-24(18)19(21-17)15-5-4-6-16(13-15)25(26)27/h2-8,13-14H,9-12H2,1H3/p+1/b20-14-. The number of hydrogen-bond acceptors (Lipinski definition) is 5. The molecule has 0 amide bonds. The van der Waals surface area contributed by atoms with E-state index in [9.17, 15) is 10.1 Å². The summed E-state index contributed by atoms with van der Waals surface area (Å²) in [5.41, 5.74) is 2.43. The fraction of sp³-hybridized carbons (Fsp3) is 0.263. The molecule has 3 heterocycles. The van der Waals surface area contributed by atoms with Crippen molar-refractivity contribution in [3.63, 3.8) is 0 Å². The van der Waals surface area contributed by atoms with Crippen molar-refractivity contribution in [3.8, 4) is 11.4 Å². The molecule has 0 bridgehead atoms. The maximum Gasteiger partial charge on any atom is 0.270 e. The van der Waals surface area contributed by atoms with Gasteiger partial charge in [-0.1, -0.05) is 18.2 Å². The van der Waals surface area contributed by atoms with Crippen molar-refractivity contribution in [1.29, 1.82) is 0 Å². The Morgan fingerprint density at radius 2 is 2.04 bits per heavy atom. The van der Waals surface area contributed by atoms with E-state index in [-0.39, 0.29) is 5.69 Å². The number of nitro benzene ring substituents is 1. The van der Waals surface area contributed by atoms with Gasteiger partial charge >= 0.3 is 0 Å². The van der Waals surface area contributed by atoms with Crippen LogP contribution in [0.5, 0.6) is 0 Å². The van der Waals surface area contributed by atoms with Gasteiger partial charge in [0.1, 0.15) is 11.5 Å². The number of pyridine rings is 1. The topological polar surface area (TPSA) is 80.5 Å². The number of non-ortho nitro benzene ring substituents is 1. The summed E-state index contributed by atoms with van der Waals surface area (Å²) < 4.78 is 1.94. The minimum Gasteiger partial charge on any atom is -0.334 e. The largest absolute Gasteiger partial charge is 0.334 e. The molecule has 0 atom stereocenters. The first-order valence-electron chi connectivity index (χ1n) is 8.94. The quantitative estimate of drug-likeness (QED) is 0.426. The molecule has 0 aliphatic carbocycles. The molecule has 138 valence electrons. The number of hydrogen-bond donors (Lipinski definition) is 1. The monoisotopic (exact) mass is 365 g/mol. The van der Waals surface area contributed by atoms with Gasteiger partial charge in [0, 0.05) is 23.9 Å². The zero-order chi connectivity index (χ0) is 18.8. The van der Waals surface area contributed by atoms with Crippen LogP contribution in [0, 0.1) is 10.1 Å². The Hall–Kier alpha value is -3.26. The minimum atomic E-state index is -0.392. The van der Waals surface area contributed by atoms with E-state index in [1.807, 2.05) is 34.9 Å². The molecule has 8 nitrogen and oxygen atoms in total. The molecule has 1 saturated heterocycles. The maximum atomic E-state index is 11.1. The lowest BCUT2D eigenvalue weighted by molar-refractivity contribution is -0.884. The van der Waals surface area contributed by atoms with Crippen LogP contribution in [-0.2, 0) is 0 Å². The van der Waals surface area contributed by atoms with E-state index in [0.29, 0.717) is 11.4 Å². The van der Waals surface area contributed by atoms with Gasteiger partial charge in [0.15, 0.2) is 0 Å². The van der Waals surface area contributed by atoms with Gasteiger partial charge in [0.2, 0.25) is 0 Å². The summed E-state index contributed by atoms with van der Waals surface area (Å²) in [7, 11) is 2.19. The van der Waals surface area contributed by atoms with Gasteiger partial charge < -0.3 is 4.90 Å². The Balaban J connectivity index is 1.71. The fourth-order valence-corrected chi connectivity index (χ4v) is 3.25. The van der Waals surface area contributed by atoms with E-state index in [2.05, 4.69) is 17.2 Å². The average molecular weight is 365 g/mol. The third-order valence-corrected chi connectivity index (χ3v) is 4.83. The lowest BCUT2D eigenvalue weighted by atomic mass is 10.2. The molecule has 1 aromatic carbocycles. The number of piperazine rings is 1. The number of quaternary nitrogens is 1. The number of aromatic nitrogens is 2. The average Bonchev–Trinajstić information content (AvgIpc) is 3.06. The molecule has 8 heteroatoms. The maximum absolute atomic E-state index is 11.1. The van der Waals surface area contributed by atoms with Gasteiger partial charge in [0.05, 0.1) is 49.9 Å². The molecule has 0 spiro atoms. The van der Waals surface area contributed by atoms with Crippen LogP contribution < -0.4 is 4.90 Å². The first-order valence-corrected chi connectivity index (χ1v) is 8.94. The second-order valence-corrected chi connectivity index (χ2v) is 6.74. The molecule has 0 radical (unpaired) electrons. The lowest BCUT2D eigenvalue weighted by Crippen LogP contribution is -3.11. The SMILES string of the molecule is C[NH+]1CCN(/N=C\c2nc(-c3cccc([N+](=O)[O-])c3)n3ccccc23)CC1. The highest BCUT2D eigenvalue weighted by molar-refractivity contribution is 5.89. The van der Waals surface area contributed by atoms with E-state index in [1.54, 1.807) is 18.3 Å². The predicted octanol–water partition coefficient (Wildman–Crippen LogP) is 1.07. The number of rotatable bonds is 4. The van der Waals surface area contributed by atoms with Gasteiger partial charge in [-0.3, -0.25) is 19.5 Å². The number of nitro groups is 1. The summed E-state index contributed by atoms with van der Waals surface area (Å²) in [4.78, 5) is 16.9. The fourth-order valence-electron chi connectivity index (χ4n) is 3.25. The van der Waals surface area contributed by atoms with Crippen LogP contribution in [0.4, 0.5) is 5.69 Å². The molecule has 2 aromatic heterocycles. The summed E-state index contributed by atoms with van der Waals surface area (Å²) in [6.07, 6.45) is 3.70. The molecule has 1 aliphatic rings. The zero-order valence-corrected chi connectivity index (χ0v) is 15.1. The van der Waals surface area contributed by atoms with Crippen molar-refractivity contribution in [2.75, 3.05) is 33.2 Å². The second-order valence-electron chi connectivity index (χ2n) is 6.74. The summed E-state index contributed by atoms with van der Waals surface area (Å²) in [5, 5.41) is 17.8. The molecule has 0 saturated carbocycles. The van der Waals surface area contributed by atoms with E-state index in [4.69, 9.17) is 4.98 Å². The number of nitrogens with zero attached hydrogens (tertiary/aromatic N) is 5. The Labute approximate surface area is 156 Å². The molecule has 1 N–H and O–H groups in total. The van der Waals surface area contributed by atoms with Crippen LogP contribution in [0.1, 0.15) is 5.69 Å².